The lowest BCUT2D eigenvalue weighted by Gasteiger charge is -2.51. The Bertz CT molecular complexity index is 959. The van der Waals surface area contributed by atoms with E-state index in [1.54, 1.807) is 6.08 Å². The van der Waals surface area contributed by atoms with Crippen LogP contribution in [0.3, 0.4) is 0 Å². The molecule has 1 aliphatic rings. The van der Waals surface area contributed by atoms with Crippen molar-refractivity contribution in [2.24, 2.45) is 0 Å². The van der Waals surface area contributed by atoms with Crippen molar-refractivity contribution in [2.75, 3.05) is 6.61 Å². The second-order valence-corrected chi connectivity index (χ2v) is 16.7. The molecule has 0 aliphatic carbocycles. The highest BCUT2D eigenvalue weighted by Crippen LogP contribution is 2.42. The van der Waals surface area contributed by atoms with Crippen LogP contribution in [-0.2, 0) is 31.9 Å². The van der Waals surface area contributed by atoms with Gasteiger partial charge >= 0.3 is 0 Å². The zero-order valence-corrected chi connectivity index (χ0v) is 24.5. The summed E-state index contributed by atoms with van der Waals surface area (Å²) in [6.07, 6.45) is 0.981. The number of aliphatic hydroxyl groups is 1. The highest BCUT2D eigenvalue weighted by atomic mass is 28.4. The Morgan fingerprint density at radius 2 is 1.62 bits per heavy atom. The van der Waals surface area contributed by atoms with Gasteiger partial charge in [-0.15, -0.1) is 6.58 Å². The van der Waals surface area contributed by atoms with Gasteiger partial charge in [0.15, 0.2) is 8.32 Å². The summed E-state index contributed by atoms with van der Waals surface area (Å²) >= 11 is 0. The summed E-state index contributed by atoms with van der Waals surface area (Å²) in [5.74, 6) is 0. The van der Waals surface area contributed by atoms with E-state index in [2.05, 4.69) is 52.6 Å². The van der Waals surface area contributed by atoms with Gasteiger partial charge in [0, 0.05) is 6.42 Å². The van der Waals surface area contributed by atoms with E-state index in [1.807, 2.05) is 55.5 Å². The maximum Gasteiger partial charge on any atom is 0.192 e. The molecule has 0 bridgehead atoms. The predicted molar refractivity (Wildman–Crippen MR) is 152 cm³/mol. The Balaban J connectivity index is 1.85. The van der Waals surface area contributed by atoms with Gasteiger partial charge in [-0.2, -0.15) is 0 Å². The van der Waals surface area contributed by atoms with E-state index in [0.717, 1.165) is 11.1 Å². The van der Waals surface area contributed by atoms with Crippen LogP contribution in [0.15, 0.2) is 73.3 Å². The minimum atomic E-state index is -2.14. The SMILES string of the molecule is C=CC[C@H](O)[C@@H]1O[C@](C)(COCc2ccccc2)[C@@H](OCc2ccccc2)C[C@H]1O[Si](C)(C)C(C)(C)C. The van der Waals surface area contributed by atoms with Gasteiger partial charge in [0.25, 0.3) is 0 Å². The van der Waals surface area contributed by atoms with Gasteiger partial charge in [-0.3, -0.25) is 0 Å². The van der Waals surface area contributed by atoms with E-state index in [4.69, 9.17) is 18.6 Å². The number of aliphatic hydroxyl groups excluding tert-OH is 1. The molecule has 3 rings (SSSR count). The number of hydrogen-bond acceptors (Lipinski definition) is 5. The summed E-state index contributed by atoms with van der Waals surface area (Å²) in [5.41, 5.74) is 1.45. The summed E-state index contributed by atoms with van der Waals surface area (Å²) in [4.78, 5) is 0. The first kappa shape index (κ1) is 29.7. The second kappa shape index (κ2) is 12.8. The number of benzene rings is 2. The minimum absolute atomic E-state index is 0.0286. The van der Waals surface area contributed by atoms with Crippen molar-refractivity contribution in [3.8, 4) is 0 Å². The average Bonchev–Trinajstić information content (AvgIpc) is 2.85. The van der Waals surface area contributed by atoms with E-state index in [9.17, 15) is 5.11 Å². The third kappa shape index (κ3) is 8.09. The Morgan fingerprint density at radius 1 is 1.05 bits per heavy atom. The maximum absolute atomic E-state index is 11.1. The molecule has 0 aromatic heterocycles. The van der Waals surface area contributed by atoms with Crippen molar-refractivity contribution in [3.05, 3.63) is 84.4 Å². The van der Waals surface area contributed by atoms with Crippen LogP contribution in [0, 0.1) is 0 Å². The quantitative estimate of drug-likeness (QED) is 0.247. The van der Waals surface area contributed by atoms with Crippen molar-refractivity contribution >= 4 is 8.32 Å². The molecule has 1 fully saturated rings. The first-order chi connectivity index (χ1) is 17.4. The van der Waals surface area contributed by atoms with Gasteiger partial charge in [-0.05, 0) is 42.6 Å². The molecule has 1 saturated heterocycles. The lowest BCUT2D eigenvalue weighted by molar-refractivity contribution is -0.265. The van der Waals surface area contributed by atoms with Crippen LogP contribution in [0.4, 0.5) is 0 Å². The topological polar surface area (TPSA) is 57.2 Å². The zero-order valence-electron chi connectivity index (χ0n) is 23.5. The van der Waals surface area contributed by atoms with Crippen LogP contribution >= 0.6 is 0 Å². The molecule has 0 unspecified atom stereocenters. The number of hydrogen-bond donors (Lipinski definition) is 1. The Hall–Kier alpha value is -1.80. The molecule has 5 atom stereocenters. The second-order valence-electron chi connectivity index (χ2n) is 11.9. The van der Waals surface area contributed by atoms with E-state index >= 15 is 0 Å². The van der Waals surface area contributed by atoms with Gasteiger partial charge < -0.3 is 23.7 Å². The molecule has 1 N–H and O–H groups in total. The van der Waals surface area contributed by atoms with Crippen molar-refractivity contribution in [2.45, 2.75) is 102 Å². The fraction of sp³-hybridized carbons (Fsp3) is 0.548. The first-order valence-corrected chi connectivity index (χ1v) is 16.3. The molecule has 2 aromatic rings. The van der Waals surface area contributed by atoms with Gasteiger partial charge in [0.05, 0.1) is 38.1 Å². The maximum atomic E-state index is 11.1. The summed E-state index contributed by atoms with van der Waals surface area (Å²) in [7, 11) is -2.14. The van der Waals surface area contributed by atoms with Crippen molar-refractivity contribution in [3.63, 3.8) is 0 Å². The van der Waals surface area contributed by atoms with Crippen LogP contribution in [-0.4, -0.2) is 50.0 Å². The third-order valence-electron chi connectivity index (χ3n) is 7.73. The van der Waals surface area contributed by atoms with Crippen LogP contribution < -0.4 is 0 Å². The molecule has 0 spiro atoms. The largest absolute Gasteiger partial charge is 0.411 e. The van der Waals surface area contributed by atoms with E-state index in [1.165, 1.54) is 0 Å². The van der Waals surface area contributed by atoms with Gasteiger partial charge in [-0.25, -0.2) is 0 Å². The van der Waals surface area contributed by atoms with Crippen LogP contribution in [0.2, 0.25) is 18.1 Å². The standard InChI is InChI=1S/C31H46O5Si/c1-8-15-26(32)29-27(36-37(6,7)30(2,3)4)20-28(34-22-25-18-13-10-14-19-25)31(5,35-29)23-33-21-24-16-11-9-12-17-24/h8-14,16-19,26-29,32H,1,15,20-23H2,2-7H3/t26-,27+,28-,29-,31+/m0/s1. The normalized spacial score (nSPS) is 25.5. The molecule has 2 aromatic carbocycles. The smallest absolute Gasteiger partial charge is 0.192 e. The van der Waals surface area contributed by atoms with Gasteiger partial charge in [-0.1, -0.05) is 87.5 Å². The monoisotopic (exact) mass is 526 g/mol. The molecular formula is C31H46O5Si. The number of ether oxygens (including phenoxy) is 3. The highest BCUT2D eigenvalue weighted by Gasteiger charge is 2.52. The first-order valence-electron chi connectivity index (χ1n) is 13.4. The number of rotatable bonds is 12. The minimum Gasteiger partial charge on any atom is -0.411 e. The Morgan fingerprint density at radius 3 is 2.16 bits per heavy atom. The summed E-state index contributed by atoms with van der Waals surface area (Å²) in [6.45, 7) is 18.3. The van der Waals surface area contributed by atoms with Crippen LogP contribution in [0.25, 0.3) is 0 Å². The zero-order chi connectivity index (χ0) is 27.1. The molecule has 1 heterocycles. The molecule has 5 nitrogen and oxygen atoms in total. The van der Waals surface area contributed by atoms with E-state index in [0.29, 0.717) is 32.7 Å². The third-order valence-corrected chi connectivity index (χ3v) is 12.2. The van der Waals surface area contributed by atoms with E-state index in [-0.39, 0.29) is 17.2 Å². The van der Waals surface area contributed by atoms with E-state index < -0.39 is 26.1 Å². The fourth-order valence-electron chi connectivity index (χ4n) is 4.45. The Labute approximate surface area is 224 Å². The molecule has 0 radical (unpaired) electrons. The molecule has 1 aliphatic heterocycles. The van der Waals surface area contributed by atoms with Gasteiger partial charge in [0.1, 0.15) is 11.7 Å². The van der Waals surface area contributed by atoms with Crippen molar-refractivity contribution in [1.29, 1.82) is 0 Å². The molecule has 0 amide bonds. The molecular weight excluding hydrogens is 480 g/mol. The van der Waals surface area contributed by atoms with Crippen LogP contribution in [0.1, 0.15) is 51.7 Å². The summed E-state index contributed by atoms with van der Waals surface area (Å²) in [6, 6.07) is 20.3. The lowest BCUT2D eigenvalue weighted by Crippen LogP contribution is -2.63. The van der Waals surface area contributed by atoms with Gasteiger partial charge in [0.2, 0.25) is 0 Å². The molecule has 0 saturated carbocycles. The lowest BCUT2D eigenvalue weighted by atomic mass is 9.86. The van der Waals surface area contributed by atoms with Crippen LogP contribution in [0.5, 0.6) is 0 Å². The summed E-state index contributed by atoms with van der Waals surface area (Å²) in [5, 5.41) is 11.2. The average molecular weight is 527 g/mol. The van der Waals surface area contributed by atoms with Crippen molar-refractivity contribution in [1.82, 2.24) is 0 Å². The summed E-state index contributed by atoms with van der Waals surface area (Å²) < 4.78 is 26.3. The predicted octanol–water partition coefficient (Wildman–Crippen LogP) is 6.66. The fourth-order valence-corrected chi connectivity index (χ4v) is 5.79. The van der Waals surface area contributed by atoms with Crippen molar-refractivity contribution < 1.29 is 23.7 Å². The molecule has 37 heavy (non-hydrogen) atoms. The molecule has 204 valence electrons. The highest BCUT2D eigenvalue weighted by molar-refractivity contribution is 6.74. The Kier molecular flexibility index (Phi) is 10.3. The molecule has 6 heteroatoms.